The van der Waals surface area contributed by atoms with E-state index in [9.17, 15) is 32.7 Å². The van der Waals surface area contributed by atoms with E-state index >= 15 is 4.39 Å². The Labute approximate surface area is 271 Å². The molecule has 1 heterocycles. The Balaban J connectivity index is 1.92. The number of ether oxygens (including phenoxy) is 5. The molecule has 0 saturated carbocycles. The first-order valence-electron chi connectivity index (χ1n) is 14.3. The largest absolute Gasteiger partial charge is 0.455 e. The molecule has 0 aromatic heterocycles. The summed E-state index contributed by atoms with van der Waals surface area (Å²) in [5.74, 6) is -4.38. The van der Waals surface area contributed by atoms with E-state index in [-0.39, 0.29) is 21.8 Å². The van der Waals surface area contributed by atoms with Crippen molar-refractivity contribution in [3.63, 3.8) is 0 Å². The molecule has 0 amide bonds. The normalized spacial score (nSPS) is 23.7. The molecule has 4 rings (SSSR count). The molecule has 1 aliphatic heterocycles. The van der Waals surface area contributed by atoms with E-state index in [1.54, 1.807) is 25.1 Å². The zero-order valence-corrected chi connectivity index (χ0v) is 27.5. The minimum Gasteiger partial charge on any atom is -0.455 e. The van der Waals surface area contributed by atoms with Gasteiger partial charge >= 0.3 is 24.2 Å². The third kappa shape index (κ3) is 6.85. The van der Waals surface area contributed by atoms with Gasteiger partial charge in [-0.1, -0.05) is 18.2 Å². The first-order chi connectivity index (χ1) is 21.9. The Bertz CT molecular complexity index is 1790. The van der Waals surface area contributed by atoms with E-state index in [2.05, 4.69) is 0 Å². The summed E-state index contributed by atoms with van der Waals surface area (Å²) in [4.78, 5) is 50.5. The maximum Gasteiger partial charge on any atom is 0.324 e. The summed E-state index contributed by atoms with van der Waals surface area (Å²) >= 11 is 0. The van der Waals surface area contributed by atoms with E-state index in [4.69, 9.17) is 23.7 Å². The number of fused-ring (bicyclic) bond motifs is 1. The lowest BCUT2D eigenvalue weighted by molar-refractivity contribution is -0.277. The van der Waals surface area contributed by atoms with Crippen LogP contribution in [0.2, 0.25) is 0 Å². The number of hydrogen-bond donors (Lipinski definition) is 1. The summed E-state index contributed by atoms with van der Waals surface area (Å²) in [5.41, 5.74) is 0.0119. The molecule has 2 aromatic carbocycles. The number of Topliss-reactive ketones (excluding diaryl/α,β-unsaturated/α-hetero) is 1. The van der Waals surface area contributed by atoms with E-state index < -0.39 is 76.2 Å². The van der Waals surface area contributed by atoms with E-state index in [1.807, 2.05) is 0 Å². The van der Waals surface area contributed by atoms with Crippen LogP contribution in [0.25, 0.3) is 17.4 Å². The second kappa shape index (κ2) is 13.4. The average molecular weight is 674 g/mol. The van der Waals surface area contributed by atoms with Crippen molar-refractivity contribution in [3.05, 3.63) is 76.3 Å². The molecule has 47 heavy (non-hydrogen) atoms. The zero-order chi connectivity index (χ0) is 35.0. The second-order valence-electron chi connectivity index (χ2n) is 11.2. The predicted molar refractivity (Wildman–Crippen MR) is 164 cm³/mol. The molecule has 2 aliphatic rings. The van der Waals surface area contributed by atoms with Crippen LogP contribution in [-0.2, 0) is 52.7 Å². The van der Waals surface area contributed by atoms with Crippen LogP contribution >= 0.6 is 0 Å². The number of halogens is 1. The lowest BCUT2D eigenvalue weighted by atomic mass is 9.80. The number of allylic oxidation sites excluding steroid dienone is 2. The minimum atomic E-state index is -3.44. The van der Waals surface area contributed by atoms with Crippen molar-refractivity contribution in [2.45, 2.75) is 70.4 Å². The van der Waals surface area contributed by atoms with Gasteiger partial charge in [-0.15, -0.1) is 0 Å². The highest BCUT2D eigenvalue weighted by atomic mass is 32.2. The van der Waals surface area contributed by atoms with Gasteiger partial charge in [0.15, 0.2) is 21.7 Å². The molecule has 1 saturated heterocycles. The zero-order valence-electron chi connectivity index (χ0n) is 26.7. The SMILES string of the molecule is CC(=O)O[C@@H]1[C@@H](CO)O[C](OC2=C(C)C(=Cc3ccc(S(C)(=O)=O)cc3)c3ccc(F)c(C)c32)[C@H](OC(C)=O)[C@]1(OC(C)=O)C(C)=O. The van der Waals surface area contributed by atoms with Crippen molar-refractivity contribution in [1.29, 1.82) is 0 Å². The molecular weight excluding hydrogens is 639 g/mol. The maximum absolute atomic E-state index is 15.0. The van der Waals surface area contributed by atoms with Crippen LogP contribution in [0, 0.1) is 19.0 Å². The molecule has 0 bridgehead atoms. The van der Waals surface area contributed by atoms with Crippen LogP contribution in [0.15, 0.2) is 46.9 Å². The monoisotopic (exact) mass is 673 g/mol. The molecule has 14 heteroatoms. The van der Waals surface area contributed by atoms with E-state index in [0.29, 0.717) is 22.3 Å². The van der Waals surface area contributed by atoms with Crippen LogP contribution in [0.4, 0.5) is 4.39 Å². The van der Waals surface area contributed by atoms with Crippen molar-refractivity contribution in [1.82, 2.24) is 0 Å². The van der Waals surface area contributed by atoms with Crippen molar-refractivity contribution in [2.75, 3.05) is 12.9 Å². The number of carbonyl (C=O) groups is 4. The fourth-order valence-corrected chi connectivity index (χ4v) is 6.27. The van der Waals surface area contributed by atoms with Gasteiger partial charge in [-0.2, -0.15) is 0 Å². The molecular formula is C33H34FO12S. The Morgan fingerprint density at radius 3 is 2.09 bits per heavy atom. The number of aliphatic hydroxyl groups is 1. The summed E-state index contributed by atoms with van der Waals surface area (Å²) in [7, 11) is -3.44. The van der Waals surface area contributed by atoms with Crippen LogP contribution in [0.5, 0.6) is 0 Å². The number of esters is 3. The van der Waals surface area contributed by atoms with Gasteiger partial charge in [0.25, 0.3) is 5.60 Å². The van der Waals surface area contributed by atoms with Gasteiger partial charge in [0.05, 0.1) is 11.5 Å². The lowest BCUT2D eigenvalue weighted by Gasteiger charge is -2.49. The number of sulfone groups is 1. The Morgan fingerprint density at radius 2 is 1.57 bits per heavy atom. The van der Waals surface area contributed by atoms with Gasteiger partial charge in [0.2, 0.25) is 6.10 Å². The molecule has 12 nitrogen and oxygen atoms in total. The first kappa shape index (κ1) is 35.5. The van der Waals surface area contributed by atoms with Gasteiger partial charge in [0.1, 0.15) is 17.7 Å². The number of carbonyl (C=O) groups excluding carboxylic acids is 4. The molecule has 1 aliphatic carbocycles. The standard InChI is InChI=1S/C33H34FO12S/c1-16-25(14-22-8-10-23(11-9-22)47(7,40)41)24-12-13-26(34)17(2)28(24)29(16)45-32-31(43-20(5)38)33(18(3)36,46-21(6)39)30(42-19(4)37)27(15-35)44-32/h8-14,27,30-31,35H,15H2,1-7H3/t27-,30-,31+,33+/m1/s1. The minimum absolute atomic E-state index is 0.0195. The third-order valence-corrected chi connectivity index (χ3v) is 8.86. The molecule has 251 valence electrons. The number of hydrogen-bond acceptors (Lipinski definition) is 12. The molecule has 1 radical (unpaired) electrons. The summed E-state index contributed by atoms with van der Waals surface area (Å²) in [6.45, 7) is 6.33. The van der Waals surface area contributed by atoms with Gasteiger partial charge in [-0.3, -0.25) is 19.2 Å². The maximum atomic E-state index is 15.0. The van der Waals surface area contributed by atoms with Gasteiger partial charge in [-0.05, 0) is 72.9 Å². The number of aliphatic hydroxyl groups excluding tert-OH is 1. The predicted octanol–water partition coefficient (Wildman–Crippen LogP) is 3.47. The van der Waals surface area contributed by atoms with Crippen LogP contribution in [0.1, 0.15) is 56.9 Å². The fourth-order valence-electron chi connectivity index (χ4n) is 5.64. The first-order valence-corrected chi connectivity index (χ1v) is 16.2. The summed E-state index contributed by atoms with van der Waals surface area (Å²) in [6, 6.07) is 8.89. The molecule has 4 atom stereocenters. The number of rotatable bonds is 9. The molecule has 2 aromatic rings. The summed E-state index contributed by atoms with van der Waals surface area (Å²) in [6.07, 6.45) is -3.07. The smallest absolute Gasteiger partial charge is 0.324 e. The highest BCUT2D eigenvalue weighted by molar-refractivity contribution is 7.90. The van der Waals surface area contributed by atoms with E-state index in [1.165, 1.54) is 31.2 Å². The van der Waals surface area contributed by atoms with Crippen molar-refractivity contribution >= 4 is 50.9 Å². The van der Waals surface area contributed by atoms with Crippen LogP contribution in [0.3, 0.4) is 0 Å². The van der Waals surface area contributed by atoms with Gasteiger partial charge in [-0.25, -0.2) is 12.8 Å². The van der Waals surface area contributed by atoms with Crippen molar-refractivity contribution in [2.24, 2.45) is 0 Å². The Morgan fingerprint density at radius 1 is 0.957 bits per heavy atom. The molecule has 1 N–H and O–H groups in total. The topological polar surface area (TPSA) is 169 Å². The lowest BCUT2D eigenvalue weighted by Crippen LogP contribution is -2.71. The van der Waals surface area contributed by atoms with Crippen LogP contribution < -0.4 is 0 Å². The highest BCUT2D eigenvalue weighted by Gasteiger charge is 2.68. The van der Waals surface area contributed by atoms with Gasteiger partial charge < -0.3 is 28.8 Å². The van der Waals surface area contributed by atoms with Gasteiger partial charge in [0, 0.05) is 32.6 Å². The van der Waals surface area contributed by atoms with Crippen molar-refractivity contribution in [3.8, 4) is 0 Å². The number of benzene rings is 2. The molecule has 0 spiro atoms. The molecule has 0 unspecified atom stereocenters. The Kier molecular flexibility index (Phi) is 10.1. The quantitative estimate of drug-likeness (QED) is 0.304. The summed E-state index contributed by atoms with van der Waals surface area (Å²) < 4.78 is 67.4. The fraction of sp³-hybridized carbons (Fsp3) is 0.364. The summed E-state index contributed by atoms with van der Waals surface area (Å²) in [5, 5.41) is 10.3. The Hall–Kier alpha value is -4.40. The van der Waals surface area contributed by atoms with E-state index in [0.717, 1.165) is 34.0 Å². The van der Waals surface area contributed by atoms with Crippen LogP contribution in [-0.4, -0.2) is 74.0 Å². The second-order valence-corrected chi connectivity index (χ2v) is 13.2. The highest BCUT2D eigenvalue weighted by Crippen LogP contribution is 2.49. The third-order valence-electron chi connectivity index (χ3n) is 7.73. The van der Waals surface area contributed by atoms with Crippen molar-refractivity contribution < 1.29 is 60.8 Å². The average Bonchev–Trinajstić information content (AvgIpc) is 3.23. The number of ketones is 1. The molecule has 1 fully saturated rings.